The minimum absolute atomic E-state index is 0.118. The predicted octanol–water partition coefficient (Wildman–Crippen LogP) is 2.79. The number of piperidine rings is 1. The van der Waals surface area contributed by atoms with Gasteiger partial charge in [0.05, 0.1) is 11.9 Å². The number of hydrogen-bond acceptors (Lipinski definition) is 6. The van der Waals surface area contributed by atoms with Crippen molar-refractivity contribution in [2.24, 2.45) is 4.99 Å². The van der Waals surface area contributed by atoms with Gasteiger partial charge in [0.2, 0.25) is 0 Å². The molecule has 0 atom stereocenters. The molecule has 0 aromatic carbocycles. The number of ketones is 2. The molecule has 2 aromatic heterocycles. The molecule has 0 saturated carbocycles. The van der Waals surface area contributed by atoms with Crippen molar-refractivity contribution in [1.29, 1.82) is 0 Å². The van der Waals surface area contributed by atoms with E-state index in [4.69, 9.17) is 0 Å². The second-order valence-corrected chi connectivity index (χ2v) is 7.31. The Morgan fingerprint density at radius 2 is 1.96 bits per heavy atom. The van der Waals surface area contributed by atoms with Crippen LogP contribution in [0.25, 0.3) is 5.52 Å². The van der Waals surface area contributed by atoms with Crippen LogP contribution in [0.1, 0.15) is 32.1 Å². The molecule has 0 spiro atoms. The van der Waals surface area contributed by atoms with Gasteiger partial charge >= 0.3 is 0 Å². The van der Waals surface area contributed by atoms with E-state index in [9.17, 15) is 9.59 Å². The Kier molecular flexibility index (Phi) is 5.62. The smallest absolute Gasteiger partial charge is 0.188 e. The number of pyridine rings is 1. The number of aliphatic imine (C=N–C) groups is 1. The van der Waals surface area contributed by atoms with Crippen LogP contribution in [0.5, 0.6) is 0 Å². The SMILES string of the molecule is O=C1C=CC(=Nc2c(NCCCN3CCCCC3)nn3ccccc23)C(=O)C1. The van der Waals surface area contributed by atoms with E-state index in [1.807, 2.05) is 24.4 Å². The molecule has 0 unspecified atom stereocenters. The highest BCUT2D eigenvalue weighted by Crippen LogP contribution is 2.30. The summed E-state index contributed by atoms with van der Waals surface area (Å²) in [6, 6.07) is 5.75. The standard InChI is InChI=1S/C21H25N5O2/c27-16-8-9-17(19(28)15-16)23-20-18-7-2-5-14-26(18)24-21(20)22-10-6-13-25-11-3-1-4-12-25/h2,5,7-9,14H,1,3-4,6,10-13,15H2,(H,22,24). The molecule has 1 N–H and O–H groups in total. The lowest BCUT2D eigenvalue weighted by Crippen LogP contribution is -2.31. The first-order valence-corrected chi connectivity index (χ1v) is 9.97. The summed E-state index contributed by atoms with van der Waals surface area (Å²) in [5.41, 5.74) is 1.77. The van der Waals surface area contributed by atoms with Crippen LogP contribution in [0.4, 0.5) is 11.5 Å². The first-order valence-electron chi connectivity index (χ1n) is 9.97. The number of fused-ring (bicyclic) bond motifs is 1. The molecule has 1 fully saturated rings. The van der Waals surface area contributed by atoms with Gasteiger partial charge in [-0.05, 0) is 63.2 Å². The van der Waals surface area contributed by atoms with Crippen molar-refractivity contribution in [2.45, 2.75) is 32.1 Å². The van der Waals surface area contributed by atoms with Gasteiger partial charge in [-0.3, -0.25) is 9.59 Å². The minimum Gasteiger partial charge on any atom is -0.367 e. The molecule has 1 saturated heterocycles. The Balaban J connectivity index is 1.51. The van der Waals surface area contributed by atoms with Gasteiger partial charge in [0.25, 0.3) is 0 Å². The molecule has 0 bridgehead atoms. The molecule has 1 aliphatic carbocycles. The summed E-state index contributed by atoms with van der Waals surface area (Å²) in [6.07, 6.45) is 9.62. The first kappa shape index (κ1) is 18.6. The van der Waals surface area contributed by atoms with Gasteiger partial charge in [0, 0.05) is 12.7 Å². The molecule has 0 amide bonds. The maximum atomic E-state index is 12.2. The summed E-state index contributed by atoms with van der Waals surface area (Å²) in [4.78, 5) is 30.6. The number of allylic oxidation sites excluding steroid dienone is 2. The van der Waals surface area contributed by atoms with E-state index in [0.29, 0.717) is 17.2 Å². The minimum atomic E-state index is -0.251. The Bertz CT molecular complexity index is 937. The van der Waals surface area contributed by atoms with Crippen molar-refractivity contribution in [3.63, 3.8) is 0 Å². The molecule has 146 valence electrons. The van der Waals surface area contributed by atoms with E-state index in [1.165, 1.54) is 44.5 Å². The lowest BCUT2D eigenvalue weighted by molar-refractivity contribution is -0.121. The number of rotatable bonds is 6. The van der Waals surface area contributed by atoms with Crippen molar-refractivity contribution in [3.8, 4) is 0 Å². The lowest BCUT2D eigenvalue weighted by atomic mass is 10.0. The average molecular weight is 379 g/mol. The molecular weight excluding hydrogens is 354 g/mol. The summed E-state index contributed by atoms with van der Waals surface area (Å²) in [5.74, 6) is 0.231. The molecule has 2 aromatic rings. The summed E-state index contributed by atoms with van der Waals surface area (Å²) in [7, 11) is 0. The van der Waals surface area contributed by atoms with Crippen molar-refractivity contribution < 1.29 is 9.59 Å². The summed E-state index contributed by atoms with van der Waals surface area (Å²) in [5, 5.41) is 7.97. The van der Waals surface area contributed by atoms with Gasteiger partial charge in [0.1, 0.15) is 11.4 Å². The highest BCUT2D eigenvalue weighted by Gasteiger charge is 2.20. The van der Waals surface area contributed by atoms with Crippen LogP contribution in [0.3, 0.4) is 0 Å². The van der Waals surface area contributed by atoms with Crippen LogP contribution in [0.15, 0.2) is 41.5 Å². The van der Waals surface area contributed by atoms with Crippen molar-refractivity contribution >= 4 is 34.3 Å². The average Bonchev–Trinajstić information content (AvgIpc) is 3.06. The Morgan fingerprint density at radius 1 is 1.11 bits per heavy atom. The fourth-order valence-corrected chi connectivity index (χ4v) is 3.70. The molecule has 7 heteroatoms. The summed E-state index contributed by atoms with van der Waals surface area (Å²) in [6.45, 7) is 4.26. The zero-order chi connectivity index (χ0) is 19.3. The Labute approximate surface area is 164 Å². The van der Waals surface area contributed by atoms with Crippen LogP contribution in [0, 0.1) is 0 Å². The number of anilines is 1. The normalized spacial score (nSPS) is 19.6. The third-order valence-electron chi connectivity index (χ3n) is 5.19. The van der Waals surface area contributed by atoms with Crippen LogP contribution >= 0.6 is 0 Å². The zero-order valence-electron chi connectivity index (χ0n) is 15.9. The molecule has 28 heavy (non-hydrogen) atoms. The van der Waals surface area contributed by atoms with Crippen LogP contribution in [0.2, 0.25) is 0 Å². The number of carbonyl (C=O) groups excluding carboxylic acids is 2. The lowest BCUT2D eigenvalue weighted by Gasteiger charge is -2.26. The number of aromatic nitrogens is 2. The fourth-order valence-electron chi connectivity index (χ4n) is 3.70. The Hall–Kier alpha value is -2.80. The van der Waals surface area contributed by atoms with Crippen molar-refractivity contribution in [2.75, 3.05) is 31.5 Å². The fraction of sp³-hybridized carbons (Fsp3) is 0.429. The van der Waals surface area contributed by atoms with Crippen molar-refractivity contribution in [1.82, 2.24) is 14.5 Å². The first-order chi connectivity index (χ1) is 13.7. The van der Waals surface area contributed by atoms with E-state index in [0.717, 1.165) is 25.0 Å². The van der Waals surface area contributed by atoms with Gasteiger partial charge < -0.3 is 10.2 Å². The summed E-state index contributed by atoms with van der Waals surface area (Å²) < 4.78 is 1.76. The van der Waals surface area contributed by atoms with E-state index in [2.05, 4.69) is 20.3 Å². The van der Waals surface area contributed by atoms with E-state index < -0.39 is 0 Å². The molecule has 1 aliphatic heterocycles. The van der Waals surface area contributed by atoms with Gasteiger partial charge in [-0.15, -0.1) is 5.10 Å². The van der Waals surface area contributed by atoms with Gasteiger partial charge in [-0.2, -0.15) is 0 Å². The third kappa shape index (κ3) is 4.20. The third-order valence-corrected chi connectivity index (χ3v) is 5.19. The quantitative estimate of drug-likeness (QED) is 0.617. The highest BCUT2D eigenvalue weighted by molar-refractivity contribution is 6.50. The van der Waals surface area contributed by atoms with Gasteiger partial charge in [-0.25, -0.2) is 9.51 Å². The monoisotopic (exact) mass is 379 g/mol. The van der Waals surface area contributed by atoms with Crippen LogP contribution < -0.4 is 5.32 Å². The number of Topliss-reactive ketones (excluding diaryl/α,β-unsaturated/α-hetero) is 1. The molecule has 2 aliphatic rings. The highest BCUT2D eigenvalue weighted by atomic mass is 16.1. The number of hydrogen-bond donors (Lipinski definition) is 1. The molecular formula is C21H25N5O2. The van der Waals surface area contributed by atoms with Crippen molar-refractivity contribution in [3.05, 3.63) is 36.5 Å². The second kappa shape index (κ2) is 8.48. The molecule has 3 heterocycles. The number of nitrogens with one attached hydrogen (secondary N) is 1. The van der Waals surface area contributed by atoms with Gasteiger partial charge in [-0.1, -0.05) is 12.5 Å². The molecule has 0 radical (unpaired) electrons. The van der Waals surface area contributed by atoms with E-state index in [1.54, 1.807) is 4.52 Å². The molecule has 7 nitrogen and oxygen atoms in total. The maximum Gasteiger partial charge on any atom is 0.188 e. The predicted molar refractivity (Wildman–Crippen MR) is 109 cm³/mol. The van der Waals surface area contributed by atoms with Crippen LogP contribution in [-0.4, -0.2) is 58.0 Å². The van der Waals surface area contributed by atoms with E-state index >= 15 is 0 Å². The van der Waals surface area contributed by atoms with E-state index in [-0.39, 0.29) is 18.0 Å². The largest absolute Gasteiger partial charge is 0.367 e. The van der Waals surface area contributed by atoms with Gasteiger partial charge in [0.15, 0.2) is 17.4 Å². The zero-order valence-corrected chi connectivity index (χ0v) is 15.9. The topological polar surface area (TPSA) is 79.1 Å². The van der Waals surface area contributed by atoms with Crippen LogP contribution in [-0.2, 0) is 9.59 Å². The number of carbonyl (C=O) groups is 2. The second-order valence-electron chi connectivity index (χ2n) is 7.31. The Morgan fingerprint density at radius 3 is 2.79 bits per heavy atom. The molecule has 4 rings (SSSR count). The maximum absolute atomic E-state index is 12.2. The summed E-state index contributed by atoms with van der Waals surface area (Å²) >= 11 is 0. The number of nitrogens with zero attached hydrogens (tertiary/aromatic N) is 4. The number of likely N-dealkylation sites (tertiary alicyclic amines) is 1.